The van der Waals surface area contributed by atoms with Gasteiger partial charge in [-0.15, -0.1) is 0 Å². The first kappa shape index (κ1) is 18.2. The number of hydrogen-bond donors (Lipinski definition) is 1. The maximum absolute atomic E-state index is 12.9. The van der Waals surface area contributed by atoms with Crippen LogP contribution in [-0.4, -0.2) is 43.7 Å². The number of hydrogen-bond acceptors (Lipinski definition) is 6. The van der Waals surface area contributed by atoms with E-state index in [2.05, 4.69) is 30.3 Å². The summed E-state index contributed by atoms with van der Waals surface area (Å²) < 4.78 is 1.70. The maximum atomic E-state index is 12.9. The predicted molar refractivity (Wildman–Crippen MR) is 114 cm³/mol. The Morgan fingerprint density at radius 2 is 1.97 bits per heavy atom. The van der Waals surface area contributed by atoms with Crippen molar-refractivity contribution in [3.8, 4) is 5.82 Å². The zero-order valence-corrected chi connectivity index (χ0v) is 16.3. The van der Waals surface area contributed by atoms with Crippen molar-refractivity contribution in [1.82, 2.24) is 24.7 Å². The Bertz CT molecular complexity index is 1180. The first-order valence-electron chi connectivity index (χ1n) is 9.99. The molecular weight excluding hydrogens is 378 g/mol. The van der Waals surface area contributed by atoms with E-state index in [1.54, 1.807) is 17.1 Å². The van der Waals surface area contributed by atoms with Gasteiger partial charge in [-0.25, -0.2) is 14.6 Å². The summed E-state index contributed by atoms with van der Waals surface area (Å²) in [5.41, 5.74) is 1.63. The van der Waals surface area contributed by atoms with E-state index in [1.807, 2.05) is 48.7 Å². The number of para-hydroxylation sites is 1. The zero-order chi connectivity index (χ0) is 20.3. The highest BCUT2D eigenvalue weighted by Gasteiger charge is 2.27. The summed E-state index contributed by atoms with van der Waals surface area (Å²) in [5, 5.41) is 8.26. The Morgan fingerprint density at radius 3 is 2.87 bits per heavy atom. The highest BCUT2D eigenvalue weighted by molar-refractivity contribution is 5.94. The fraction of sp³-hybridized carbons (Fsp3) is 0.227. The van der Waals surface area contributed by atoms with Gasteiger partial charge in [0.1, 0.15) is 12.1 Å². The van der Waals surface area contributed by atoms with Crippen LogP contribution in [-0.2, 0) is 4.79 Å². The molecule has 150 valence electrons. The third kappa shape index (κ3) is 3.71. The summed E-state index contributed by atoms with van der Waals surface area (Å²) in [4.78, 5) is 28.2. The second-order valence-electron chi connectivity index (χ2n) is 7.38. The van der Waals surface area contributed by atoms with Crippen LogP contribution in [0.15, 0.2) is 67.4 Å². The fourth-order valence-electron chi connectivity index (χ4n) is 3.82. The normalized spacial score (nSPS) is 16.5. The quantitative estimate of drug-likeness (QED) is 0.567. The van der Waals surface area contributed by atoms with Crippen molar-refractivity contribution >= 4 is 28.3 Å². The molecule has 1 aliphatic heterocycles. The maximum Gasteiger partial charge on any atom is 0.229 e. The third-order valence-electron chi connectivity index (χ3n) is 5.35. The van der Waals surface area contributed by atoms with Crippen molar-refractivity contribution in [3.63, 3.8) is 0 Å². The predicted octanol–water partition coefficient (Wildman–Crippen LogP) is 3.07. The molecular formula is C22H21N7O. The third-order valence-corrected chi connectivity index (χ3v) is 5.35. The van der Waals surface area contributed by atoms with Crippen LogP contribution in [0.4, 0.5) is 11.5 Å². The highest BCUT2D eigenvalue weighted by atomic mass is 16.1. The van der Waals surface area contributed by atoms with E-state index < -0.39 is 0 Å². The number of amides is 1. The van der Waals surface area contributed by atoms with E-state index >= 15 is 0 Å². The lowest BCUT2D eigenvalue weighted by Gasteiger charge is -2.32. The lowest BCUT2D eigenvalue weighted by Crippen LogP contribution is -2.41. The van der Waals surface area contributed by atoms with Gasteiger partial charge in [0.2, 0.25) is 5.91 Å². The molecule has 8 nitrogen and oxygen atoms in total. The van der Waals surface area contributed by atoms with Gasteiger partial charge < -0.3 is 10.2 Å². The van der Waals surface area contributed by atoms with Gasteiger partial charge in [-0.3, -0.25) is 9.78 Å². The molecule has 3 aromatic heterocycles. The minimum atomic E-state index is -0.117. The van der Waals surface area contributed by atoms with Gasteiger partial charge >= 0.3 is 0 Å². The number of pyridine rings is 1. The Balaban J connectivity index is 1.30. The van der Waals surface area contributed by atoms with Crippen LogP contribution in [0.1, 0.15) is 12.8 Å². The van der Waals surface area contributed by atoms with Gasteiger partial charge in [-0.2, -0.15) is 5.10 Å². The molecule has 1 aliphatic rings. The molecule has 0 bridgehead atoms. The number of carbonyl (C=O) groups excluding carboxylic acids is 1. The number of nitrogens with one attached hydrogen (secondary N) is 1. The molecule has 8 heteroatoms. The minimum Gasteiger partial charge on any atom is -0.356 e. The number of anilines is 2. The number of aromatic nitrogens is 5. The molecule has 1 aromatic carbocycles. The first-order valence-corrected chi connectivity index (χ1v) is 9.99. The van der Waals surface area contributed by atoms with Crippen LogP contribution in [0.2, 0.25) is 0 Å². The zero-order valence-electron chi connectivity index (χ0n) is 16.3. The Kier molecular flexibility index (Phi) is 4.80. The summed E-state index contributed by atoms with van der Waals surface area (Å²) in [6.07, 6.45) is 8.58. The first-order chi connectivity index (χ1) is 14.8. The SMILES string of the molecule is O=C(Nc1cnc2ccccc2c1)C1CCCN(c2cc(-n3cccn3)ncn2)C1. The standard InChI is InChI=1S/C22H21N7O/c30-22(27-18-11-16-5-1-2-7-19(16)23-13-18)17-6-3-9-28(14-17)20-12-21(25-15-24-20)29-10-4-8-26-29/h1-2,4-5,7-8,10-13,15,17H,3,6,9,14H2,(H,27,30). The van der Waals surface area contributed by atoms with Crippen LogP contribution in [0.5, 0.6) is 0 Å². The second-order valence-corrected chi connectivity index (χ2v) is 7.38. The molecule has 5 rings (SSSR count). The van der Waals surface area contributed by atoms with Crippen molar-refractivity contribution in [3.05, 3.63) is 67.4 Å². The summed E-state index contributed by atoms with van der Waals surface area (Å²) in [7, 11) is 0. The molecule has 1 unspecified atom stereocenters. The van der Waals surface area contributed by atoms with Gasteiger partial charge in [0, 0.05) is 36.9 Å². The average molecular weight is 399 g/mol. The average Bonchev–Trinajstić information content (AvgIpc) is 3.34. The molecule has 1 atom stereocenters. The van der Waals surface area contributed by atoms with Gasteiger partial charge in [0.15, 0.2) is 5.82 Å². The molecule has 1 N–H and O–H groups in total. The molecule has 4 heterocycles. The number of carbonyl (C=O) groups is 1. The van der Waals surface area contributed by atoms with E-state index in [0.717, 1.165) is 41.8 Å². The molecule has 0 spiro atoms. The number of fused-ring (bicyclic) bond motifs is 1. The summed E-state index contributed by atoms with van der Waals surface area (Å²) in [6.45, 7) is 1.47. The highest BCUT2D eigenvalue weighted by Crippen LogP contribution is 2.24. The summed E-state index contributed by atoms with van der Waals surface area (Å²) in [6, 6.07) is 13.6. The molecule has 0 saturated carbocycles. The Hall–Kier alpha value is -3.81. The van der Waals surface area contributed by atoms with E-state index in [-0.39, 0.29) is 11.8 Å². The molecule has 4 aromatic rings. The van der Waals surface area contributed by atoms with Crippen molar-refractivity contribution in [1.29, 1.82) is 0 Å². The lowest BCUT2D eigenvalue weighted by atomic mass is 9.97. The van der Waals surface area contributed by atoms with Crippen LogP contribution in [0.25, 0.3) is 16.7 Å². The van der Waals surface area contributed by atoms with E-state index in [4.69, 9.17) is 0 Å². The van der Waals surface area contributed by atoms with Gasteiger partial charge in [-0.1, -0.05) is 18.2 Å². The molecule has 30 heavy (non-hydrogen) atoms. The van der Waals surface area contributed by atoms with E-state index in [0.29, 0.717) is 12.4 Å². The van der Waals surface area contributed by atoms with E-state index in [1.165, 1.54) is 6.33 Å². The lowest BCUT2D eigenvalue weighted by molar-refractivity contribution is -0.120. The smallest absolute Gasteiger partial charge is 0.229 e. The minimum absolute atomic E-state index is 0.0122. The van der Waals surface area contributed by atoms with E-state index in [9.17, 15) is 4.79 Å². The molecule has 1 amide bonds. The number of benzene rings is 1. The van der Waals surface area contributed by atoms with Gasteiger partial charge in [-0.05, 0) is 31.0 Å². The topological polar surface area (TPSA) is 88.8 Å². The number of nitrogens with zero attached hydrogens (tertiary/aromatic N) is 6. The van der Waals surface area contributed by atoms with Crippen molar-refractivity contribution in [2.24, 2.45) is 5.92 Å². The van der Waals surface area contributed by atoms with Crippen LogP contribution in [0.3, 0.4) is 0 Å². The van der Waals surface area contributed by atoms with Crippen molar-refractivity contribution in [2.45, 2.75) is 12.8 Å². The largest absolute Gasteiger partial charge is 0.356 e. The Labute approximate surface area is 173 Å². The van der Waals surface area contributed by atoms with Crippen molar-refractivity contribution in [2.75, 3.05) is 23.3 Å². The Morgan fingerprint density at radius 1 is 1.07 bits per heavy atom. The van der Waals surface area contributed by atoms with Crippen molar-refractivity contribution < 1.29 is 4.79 Å². The molecule has 1 saturated heterocycles. The summed E-state index contributed by atoms with van der Waals surface area (Å²) in [5.74, 6) is 1.41. The van der Waals surface area contributed by atoms with Crippen LogP contribution < -0.4 is 10.2 Å². The summed E-state index contributed by atoms with van der Waals surface area (Å²) >= 11 is 0. The fourth-order valence-corrected chi connectivity index (χ4v) is 3.82. The number of piperidine rings is 1. The monoisotopic (exact) mass is 399 g/mol. The van der Waals surface area contributed by atoms with Gasteiger partial charge in [0.25, 0.3) is 0 Å². The molecule has 0 radical (unpaired) electrons. The second kappa shape index (κ2) is 7.90. The molecule has 1 fully saturated rings. The van der Waals surface area contributed by atoms with Crippen LogP contribution >= 0.6 is 0 Å². The van der Waals surface area contributed by atoms with Crippen LogP contribution in [0, 0.1) is 5.92 Å². The number of rotatable bonds is 4. The van der Waals surface area contributed by atoms with Gasteiger partial charge in [0.05, 0.1) is 23.3 Å². The molecule has 0 aliphatic carbocycles.